The number of methoxy groups -OCH3 is 1. The fraction of sp³-hybridized carbons (Fsp3) is 0.333. The van der Waals surface area contributed by atoms with Gasteiger partial charge in [-0.05, 0) is 17.7 Å². The first-order chi connectivity index (χ1) is 6.49. The summed E-state index contributed by atoms with van der Waals surface area (Å²) in [5, 5.41) is 8.70. The summed E-state index contributed by atoms with van der Waals surface area (Å²) >= 11 is 0. The quantitative estimate of drug-likeness (QED) is 0.803. The molecule has 0 bridgehead atoms. The van der Waals surface area contributed by atoms with Crippen LogP contribution in [-0.2, 0) is 12.8 Å². The van der Waals surface area contributed by atoms with Gasteiger partial charge in [-0.25, -0.2) is 0 Å². The molecule has 0 unspecified atom stereocenters. The Morgan fingerprint density at radius 2 is 2.00 bits per heavy atom. The van der Waals surface area contributed by atoms with Crippen LogP contribution >= 0.6 is 0 Å². The standard InChI is InChI=1S/C9H9F3O2/c1-14-7-3-2-6(5-13)8(4-7)9(10,11)12/h2-4,13H,5H2,1H3. The maximum Gasteiger partial charge on any atom is 0.416 e. The highest BCUT2D eigenvalue weighted by Gasteiger charge is 2.33. The number of ether oxygens (including phenoxy) is 1. The van der Waals surface area contributed by atoms with Crippen molar-refractivity contribution in [2.45, 2.75) is 12.8 Å². The monoisotopic (exact) mass is 206 g/mol. The molecule has 0 aliphatic carbocycles. The molecule has 78 valence electrons. The van der Waals surface area contributed by atoms with Gasteiger partial charge in [-0.3, -0.25) is 0 Å². The molecule has 0 aliphatic rings. The average Bonchev–Trinajstić information content (AvgIpc) is 2.15. The minimum Gasteiger partial charge on any atom is -0.497 e. The normalized spacial score (nSPS) is 11.5. The van der Waals surface area contributed by atoms with Crippen molar-refractivity contribution in [2.24, 2.45) is 0 Å². The van der Waals surface area contributed by atoms with Crippen molar-refractivity contribution < 1.29 is 23.0 Å². The van der Waals surface area contributed by atoms with Gasteiger partial charge >= 0.3 is 6.18 Å². The third kappa shape index (κ3) is 2.17. The van der Waals surface area contributed by atoms with Gasteiger partial charge < -0.3 is 9.84 Å². The lowest BCUT2D eigenvalue weighted by Crippen LogP contribution is -2.09. The van der Waals surface area contributed by atoms with E-state index in [1.165, 1.54) is 19.2 Å². The highest BCUT2D eigenvalue weighted by molar-refractivity contribution is 5.37. The van der Waals surface area contributed by atoms with E-state index in [1.54, 1.807) is 0 Å². The van der Waals surface area contributed by atoms with Gasteiger partial charge in [0, 0.05) is 0 Å². The van der Waals surface area contributed by atoms with Gasteiger partial charge in [-0.15, -0.1) is 0 Å². The number of aliphatic hydroxyl groups excluding tert-OH is 1. The first-order valence-electron chi connectivity index (χ1n) is 3.84. The Labute approximate surface area is 78.9 Å². The van der Waals surface area contributed by atoms with Crippen molar-refractivity contribution in [3.05, 3.63) is 29.3 Å². The molecule has 0 saturated carbocycles. The van der Waals surface area contributed by atoms with Crippen LogP contribution < -0.4 is 4.74 Å². The number of rotatable bonds is 2. The molecule has 1 N–H and O–H groups in total. The first kappa shape index (κ1) is 10.8. The van der Waals surface area contributed by atoms with E-state index in [-0.39, 0.29) is 11.3 Å². The third-order valence-electron chi connectivity index (χ3n) is 1.79. The smallest absolute Gasteiger partial charge is 0.416 e. The van der Waals surface area contributed by atoms with E-state index in [9.17, 15) is 13.2 Å². The molecule has 5 heteroatoms. The SMILES string of the molecule is COc1ccc(CO)c(C(F)(F)F)c1. The van der Waals surface area contributed by atoms with Gasteiger partial charge in [0.25, 0.3) is 0 Å². The van der Waals surface area contributed by atoms with Crippen LogP contribution in [0, 0.1) is 0 Å². The van der Waals surface area contributed by atoms with Gasteiger partial charge in [-0.2, -0.15) is 13.2 Å². The number of hydrogen-bond acceptors (Lipinski definition) is 2. The topological polar surface area (TPSA) is 29.5 Å². The van der Waals surface area contributed by atoms with Crippen LogP contribution in [-0.4, -0.2) is 12.2 Å². The van der Waals surface area contributed by atoms with E-state index in [0.717, 1.165) is 6.07 Å². The summed E-state index contributed by atoms with van der Waals surface area (Å²) in [6.45, 7) is -0.640. The lowest BCUT2D eigenvalue weighted by molar-refractivity contribution is -0.138. The molecule has 0 aliphatic heterocycles. The second-order valence-electron chi connectivity index (χ2n) is 2.68. The molecule has 0 fully saturated rings. The van der Waals surface area contributed by atoms with Crippen LogP contribution in [0.1, 0.15) is 11.1 Å². The molecule has 0 aromatic heterocycles. The third-order valence-corrected chi connectivity index (χ3v) is 1.79. The van der Waals surface area contributed by atoms with Gasteiger partial charge in [-0.1, -0.05) is 6.07 Å². The molecule has 0 amide bonds. The molecule has 1 rings (SSSR count). The summed E-state index contributed by atoms with van der Waals surface area (Å²) < 4.78 is 41.8. The van der Waals surface area contributed by atoms with Crippen molar-refractivity contribution in [2.75, 3.05) is 7.11 Å². The van der Waals surface area contributed by atoms with Crippen molar-refractivity contribution in [3.8, 4) is 5.75 Å². The van der Waals surface area contributed by atoms with E-state index >= 15 is 0 Å². The van der Waals surface area contributed by atoms with E-state index < -0.39 is 18.3 Å². The molecule has 0 heterocycles. The largest absolute Gasteiger partial charge is 0.497 e. The Balaban J connectivity index is 3.22. The molecule has 0 radical (unpaired) electrons. The summed E-state index contributed by atoms with van der Waals surface area (Å²) in [6, 6.07) is 3.44. The Morgan fingerprint density at radius 1 is 1.36 bits per heavy atom. The average molecular weight is 206 g/mol. The number of hydrogen-bond donors (Lipinski definition) is 1. The zero-order chi connectivity index (χ0) is 10.8. The minimum atomic E-state index is -4.47. The highest BCUT2D eigenvalue weighted by Crippen LogP contribution is 2.34. The van der Waals surface area contributed by atoms with Gasteiger partial charge in [0.15, 0.2) is 0 Å². The lowest BCUT2D eigenvalue weighted by atomic mass is 10.1. The summed E-state index contributed by atoms with van der Waals surface area (Å²) in [6.07, 6.45) is -4.47. The van der Waals surface area contributed by atoms with Crippen molar-refractivity contribution in [1.29, 1.82) is 0 Å². The van der Waals surface area contributed by atoms with Crippen molar-refractivity contribution >= 4 is 0 Å². The maximum atomic E-state index is 12.4. The van der Waals surface area contributed by atoms with Gasteiger partial charge in [0.2, 0.25) is 0 Å². The second kappa shape index (κ2) is 3.88. The van der Waals surface area contributed by atoms with Gasteiger partial charge in [0.1, 0.15) is 5.75 Å². The summed E-state index contributed by atoms with van der Waals surface area (Å²) in [7, 11) is 1.29. The Hall–Kier alpha value is -1.23. The fourth-order valence-corrected chi connectivity index (χ4v) is 1.08. The van der Waals surface area contributed by atoms with E-state index in [0.29, 0.717) is 0 Å². The predicted molar refractivity (Wildman–Crippen MR) is 43.9 cm³/mol. The van der Waals surface area contributed by atoms with E-state index in [2.05, 4.69) is 4.74 Å². The lowest BCUT2D eigenvalue weighted by Gasteiger charge is -2.12. The Morgan fingerprint density at radius 3 is 2.43 bits per heavy atom. The molecular formula is C9H9F3O2. The Kier molecular flexibility index (Phi) is 3.00. The summed E-state index contributed by atoms with van der Waals surface area (Å²) in [4.78, 5) is 0. The molecule has 0 atom stereocenters. The molecule has 0 saturated heterocycles. The molecular weight excluding hydrogens is 197 g/mol. The molecule has 14 heavy (non-hydrogen) atoms. The van der Waals surface area contributed by atoms with Crippen LogP contribution in [0.2, 0.25) is 0 Å². The number of benzene rings is 1. The van der Waals surface area contributed by atoms with Crippen LogP contribution in [0.25, 0.3) is 0 Å². The zero-order valence-electron chi connectivity index (χ0n) is 7.43. The van der Waals surface area contributed by atoms with Crippen LogP contribution in [0.5, 0.6) is 5.75 Å². The molecule has 0 spiro atoms. The van der Waals surface area contributed by atoms with Crippen LogP contribution in [0.15, 0.2) is 18.2 Å². The van der Waals surface area contributed by atoms with Crippen LogP contribution in [0.4, 0.5) is 13.2 Å². The Bertz CT molecular complexity index is 320. The molecule has 2 nitrogen and oxygen atoms in total. The number of alkyl halides is 3. The summed E-state index contributed by atoms with van der Waals surface area (Å²) in [5.74, 6) is 0.120. The van der Waals surface area contributed by atoms with E-state index in [1.807, 2.05) is 0 Å². The van der Waals surface area contributed by atoms with Crippen LogP contribution in [0.3, 0.4) is 0 Å². The number of halogens is 3. The fourth-order valence-electron chi connectivity index (χ4n) is 1.08. The first-order valence-corrected chi connectivity index (χ1v) is 3.84. The van der Waals surface area contributed by atoms with Crippen molar-refractivity contribution in [3.63, 3.8) is 0 Å². The minimum absolute atomic E-state index is 0.120. The highest BCUT2D eigenvalue weighted by atomic mass is 19.4. The molecule has 1 aromatic carbocycles. The predicted octanol–water partition coefficient (Wildman–Crippen LogP) is 2.21. The second-order valence-corrected chi connectivity index (χ2v) is 2.68. The van der Waals surface area contributed by atoms with Crippen molar-refractivity contribution in [1.82, 2.24) is 0 Å². The van der Waals surface area contributed by atoms with Gasteiger partial charge in [0.05, 0.1) is 19.3 Å². The maximum absolute atomic E-state index is 12.4. The van der Waals surface area contributed by atoms with E-state index in [4.69, 9.17) is 5.11 Å². The zero-order valence-corrected chi connectivity index (χ0v) is 7.43. The molecule has 1 aromatic rings. The summed E-state index contributed by atoms with van der Waals surface area (Å²) in [5.41, 5.74) is -1.02. The number of aliphatic hydroxyl groups is 1.